The largest absolute Gasteiger partial charge is 0.478 e. The zero-order valence-corrected chi connectivity index (χ0v) is 11.9. The third-order valence-electron chi connectivity index (χ3n) is 2.84. The van der Waals surface area contributed by atoms with Gasteiger partial charge in [0.05, 0.1) is 16.9 Å². The Labute approximate surface area is 119 Å². The highest BCUT2D eigenvalue weighted by molar-refractivity contribution is 9.10. The van der Waals surface area contributed by atoms with E-state index in [1.54, 1.807) is 6.07 Å². The normalized spacial score (nSPS) is 10.2. The molecular weight excluding hydrogens is 308 g/mol. The van der Waals surface area contributed by atoms with Gasteiger partial charge in [0.25, 0.3) is 0 Å². The van der Waals surface area contributed by atoms with Crippen LogP contribution in [0.15, 0.2) is 40.9 Å². The van der Waals surface area contributed by atoms with Crippen molar-refractivity contribution in [1.29, 1.82) is 0 Å². The van der Waals surface area contributed by atoms with Crippen molar-refractivity contribution in [1.82, 2.24) is 0 Å². The van der Waals surface area contributed by atoms with Crippen LogP contribution < -0.4 is 11.1 Å². The fourth-order valence-corrected chi connectivity index (χ4v) is 2.05. The second kappa shape index (κ2) is 5.32. The maximum atomic E-state index is 11.0. The summed E-state index contributed by atoms with van der Waals surface area (Å²) in [6.07, 6.45) is 0. The summed E-state index contributed by atoms with van der Waals surface area (Å²) in [4.78, 5) is 11.0. The lowest BCUT2D eigenvalue weighted by Gasteiger charge is -2.13. The van der Waals surface area contributed by atoms with Crippen molar-refractivity contribution < 1.29 is 9.90 Å². The minimum Gasteiger partial charge on any atom is -0.478 e. The fourth-order valence-electron chi connectivity index (χ4n) is 1.69. The topological polar surface area (TPSA) is 75.3 Å². The molecule has 0 atom stereocenters. The summed E-state index contributed by atoms with van der Waals surface area (Å²) < 4.78 is 0.977. The Kier molecular flexibility index (Phi) is 3.76. The number of carboxylic acids is 1. The van der Waals surface area contributed by atoms with Crippen molar-refractivity contribution in [3.05, 3.63) is 52.0 Å². The second-order valence-corrected chi connectivity index (χ2v) is 5.00. The van der Waals surface area contributed by atoms with E-state index in [-0.39, 0.29) is 5.56 Å². The smallest absolute Gasteiger partial charge is 0.335 e. The Hall–Kier alpha value is -2.01. The van der Waals surface area contributed by atoms with Crippen LogP contribution in [0.3, 0.4) is 0 Å². The van der Waals surface area contributed by atoms with Crippen LogP contribution in [-0.2, 0) is 0 Å². The van der Waals surface area contributed by atoms with Crippen molar-refractivity contribution >= 4 is 39.0 Å². The molecule has 5 heteroatoms. The Morgan fingerprint density at radius 3 is 2.68 bits per heavy atom. The van der Waals surface area contributed by atoms with Crippen LogP contribution in [-0.4, -0.2) is 11.1 Å². The van der Waals surface area contributed by atoms with Crippen molar-refractivity contribution in [3.63, 3.8) is 0 Å². The second-order valence-electron chi connectivity index (χ2n) is 4.14. The summed E-state index contributed by atoms with van der Waals surface area (Å²) in [6.45, 7) is 1.96. The van der Waals surface area contributed by atoms with E-state index in [0.717, 1.165) is 15.7 Å². The molecule has 4 N–H and O–H groups in total. The number of nitrogens with one attached hydrogen (secondary N) is 1. The molecule has 0 bridgehead atoms. The quantitative estimate of drug-likeness (QED) is 0.752. The maximum Gasteiger partial charge on any atom is 0.335 e. The summed E-state index contributed by atoms with van der Waals surface area (Å²) in [5, 5.41) is 12.1. The molecule has 2 rings (SSSR count). The number of nitrogens with two attached hydrogens (primary N) is 1. The van der Waals surface area contributed by atoms with E-state index in [1.165, 1.54) is 12.1 Å². The summed E-state index contributed by atoms with van der Waals surface area (Å²) in [5.41, 5.74) is 9.05. The van der Waals surface area contributed by atoms with Crippen LogP contribution in [0.1, 0.15) is 15.9 Å². The predicted molar refractivity (Wildman–Crippen MR) is 80.0 cm³/mol. The summed E-state index contributed by atoms with van der Waals surface area (Å²) >= 11 is 3.45. The zero-order chi connectivity index (χ0) is 14.0. The van der Waals surface area contributed by atoms with Gasteiger partial charge in [-0.3, -0.25) is 0 Å². The van der Waals surface area contributed by atoms with Gasteiger partial charge in [0.1, 0.15) is 0 Å². The van der Waals surface area contributed by atoms with E-state index in [9.17, 15) is 4.79 Å². The molecule has 0 unspecified atom stereocenters. The molecule has 0 aromatic heterocycles. The van der Waals surface area contributed by atoms with Gasteiger partial charge in [-0.2, -0.15) is 0 Å². The van der Waals surface area contributed by atoms with Crippen molar-refractivity contribution in [2.24, 2.45) is 0 Å². The van der Waals surface area contributed by atoms with Crippen LogP contribution in [0.25, 0.3) is 0 Å². The lowest BCUT2D eigenvalue weighted by atomic mass is 10.1. The molecule has 0 aliphatic rings. The molecular formula is C14H13BrN2O2. The first kappa shape index (κ1) is 13.4. The molecule has 0 radical (unpaired) electrons. The molecule has 0 amide bonds. The highest BCUT2D eigenvalue weighted by Crippen LogP contribution is 2.29. The molecule has 19 heavy (non-hydrogen) atoms. The van der Waals surface area contributed by atoms with E-state index >= 15 is 0 Å². The molecule has 2 aromatic carbocycles. The molecule has 0 saturated heterocycles. The molecule has 0 heterocycles. The van der Waals surface area contributed by atoms with Gasteiger partial charge in [0.2, 0.25) is 0 Å². The number of carboxylic acid groups (broad SMARTS) is 1. The Bertz CT molecular complexity index is 641. The van der Waals surface area contributed by atoms with Crippen molar-refractivity contribution in [2.75, 3.05) is 11.1 Å². The average molecular weight is 321 g/mol. The number of carbonyl (C=O) groups is 1. The van der Waals surface area contributed by atoms with E-state index in [2.05, 4.69) is 21.2 Å². The molecule has 0 saturated carbocycles. The number of hydrogen-bond acceptors (Lipinski definition) is 3. The van der Waals surface area contributed by atoms with Gasteiger partial charge < -0.3 is 16.2 Å². The Morgan fingerprint density at radius 1 is 1.26 bits per heavy atom. The lowest BCUT2D eigenvalue weighted by Crippen LogP contribution is -2.02. The highest BCUT2D eigenvalue weighted by atomic mass is 79.9. The first-order valence-electron chi connectivity index (χ1n) is 5.64. The molecule has 0 fully saturated rings. The van der Waals surface area contributed by atoms with E-state index in [1.807, 2.05) is 25.1 Å². The SMILES string of the molecule is Cc1c(Br)cccc1Nc1cc(C(=O)O)ccc1N. The molecule has 0 aliphatic heterocycles. The maximum absolute atomic E-state index is 11.0. The predicted octanol–water partition coefficient (Wildman–Crippen LogP) is 3.78. The van der Waals surface area contributed by atoms with Crippen LogP contribution in [0.5, 0.6) is 0 Å². The fraction of sp³-hybridized carbons (Fsp3) is 0.0714. The first-order chi connectivity index (χ1) is 8.99. The number of rotatable bonds is 3. The van der Waals surface area contributed by atoms with Crippen LogP contribution in [0.2, 0.25) is 0 Å². The molecule has 0 spiro atoms. The van der Waals surface area contributed by atoms with Gasteiger partial charge in [0.15, 0.2) is 0 Å². The van der Waals surface area contributed by atoms with Crippen molar-refractivity contribution in [2.45, 2.75) is 6.92 Å². The number of aromatic carboxylic acids is 1. The summed E-state index contributed by atoms with van der Waals surface area (Å²) in [6, 6.07) is 10.3. The van der Waals surface area contributed by atoms with Crippen LogP contribution in [0, 0.1) is 6.92 Å². The third-order valence-corrected chi connectivity index (χ3v) is 3.70. The lowest BCUT2D eigenvalue weighted by molar-refractivity contribution is 0.0697. The minimum atomic E-state index is -0.978. The first-order valence-corrected chi connectivity index (χ1v) is 6.43. The molecule has 0 aliphatic carbocycles. The van der Waals surface area contributed by atoms with Crippen molar-refractivity contribution in [3.8, 4) is 0 Å². The van der Waals surface area contributed by atoms with Gasteiger partial charge in [-0.15, -0.1) is 0 Å². The number of nitrogen functional groups attached to an aromatic ring is 1. The molecule has 98 valence electrons. The zero-order valence-electron chi connectivity index (χ0n) is 10.3. The number of anilines is 3. The highest BCUT2D eigenvalue weighted by Gasteiger charge is 2.08. The number of hydrogen-bond donors (Lipinski definition) is 3. The standard InChI is InChI=1S/C14H13BrN2O2/c1-8-10(15)3-2-4-12(8)17-13-7-9(14(18)19)5-6-11(13)16/h2-7,17H,16H2,1H3,(H,18,19). The third kappa shape index (κ3) is 2.88. The number of benzene rings is 2. The van der Waals surface area contributed by atoms with Crippen LogP contribution in [0.4, 0.5) is 17.1 Å². The van der Waals surface area contributed by atoms with Crippen LogP contribution >= 0.6 is 15.9 Å². The number of halogens is 1. The van der Waals surface area contributed by atoms with Gasteiger partial charge in [-0.25, -0.2) is 4.79 Å². The minimum absolute atomic E-state index is 0.198. The monoisotopic (exact) mass is 320 g/mol. The summed E-state index contributed by atoms with van der Waals surface area (Å²) in [5.74, 6) is -0.978. The van der Waals surface area contributed by atoms with E-state index in [0.29, 0.717) is 11.4 Å². The Morgan fingerprint density at radius 2 is 2.00 bits per heavy atom. The van der Waals surface area contributed by atoms with Gasteiger partial charge in [-0.05, 0) is 42.8 Å². The summed E-state index contributed by atoms with van der Waals surface area (Å²) in [7, 11) is 0. The van der Waals surface area contributed by atoms with E-state index < -0.39 is 5.97 Å². The Balaban J connectivity index is 2.40. The molecule has 2 aromatic rings. The molecule has 4 nitrogen and oxygen atoms in total. The average Bonchev–Trinajstić information content (AvgIpc) is 2.37. The van der Waals surface area contributed by atoms with Gasteiger partial charge >= 0.3 is 5.97 Å². The van der Waals surface area contributed by atoms with Gasteiger partial charge in [0, 0.05) is 10.2 Å². The van der Waals surface area contributed by atoms with E-state index in [4.69, 9.17) is 10.8 Å². The van der Waals surface area contributed by atoms with Gasteiger partial charge in [-0.1, -0.05) is 22.0 Å².